The molecule has 2 aliphatic heterocycles. The molecular formula is C21H23N5O3S2. The van der Waals surface area contributed by atoms with Crippen LogP contribution in [0.3, 0.4) is 0 Å². The Morgan fingerprint density at radius 3 is 3.03 bits per heavy atom. The number of benzene rings is 1. The van der Waals surface area contributed by atoms with E-state index in [0.29, 0.717) is 11.7 Å². The van der Waals surface area contributed by atoms with E-state index in [1.165, 1.54) is 16.9 Å². The van der Waals surface area contributed by atoms with Crippen LogP contribution in [0, 0.1) is 5.92 Å². The first-order valence-electron chi connectivity index (χ1n) is 10.4. The van der Waals surface area contributed by atoms with Gasteiger partial charge in [-0.3, -0.25) is 4.79 Å². The lowest BCUT2D eigenvalue weighted by Gasteiger charge is -2.30. The van der Waals surface area contributed by atoms with Crippen molar-refractivity contribution in [2.75, 3.05) is 36.5 Å². The van der Waals surface area contributed by atoms with Gasteiger partial charge in [-0.2, -0.15) is 0 Å². The molecule has 10 heteroatoms. The summed E-state index contributed by atoms with van der Waals surface area (Å²) in [5, 5.41) is 16.4. The number of hydrogen-bond donors (Lipinski definition) is 1. The molecule has 0 saturated carbocycles. The quantitative estimate of drug-likeness (QED) is 0.553. The summed E-state index contributed by atoms with van der Waals surface area (Å²) in [5.74, 6) is 1.64. The second kappa shape index (κ2) is 8.80. The van der Waals surface area contributed by atoms with Gasteiger partial charge in [-0.25, -0.2) is 4.98 Å². The van der Waals surface area contributed by atoms with Crippen molar-refractivity contribution in [3.05, 3.63) is 29.1 Å². The van der Waals surface area contributed by atoms with Crippen LogP contribution in [0.5, 0.6) is 5.75 Å². The van der Waals surface area contributed by atoms with E-state index in [4.69, 9.17) is 14.5 Å². The van der Waals surface area contributed by atoms with E-state index in [-0.39, 0.29) is 11.9 Å². The molecule has 0 amide bonds. The van der Waals surface area contributed by atoms with Crippen molar-refractivity contribution in [2.45, 2.75) is 26.2 Å². The number of esters is 1. The molecule has 5 rings (SSSR count). The number of aromatic nitrogens is 3. The maximum absolute atomic E-state index is 11.9. The highest BCUT2D eigenvalue weighted by Crippen LogP contribution is 2.34. The molecule has 31 heavy (non-hydrogen) atoms. The highest BCUT2D eigenvalue weighted by molar-refractivity contribution is 7.19. The predicted octanol–water partition coefficient (Wildman–Crippen LogP) is 4.12. The van der Waals surface area contributed by atoms with Crippen LogP contribution in [0.4, 0.5) is 16.1 Å². The van der Waals surface area contributed by atoms with E-state index >= 15 is 0 Å². The minimum atomic E-state index is -0.0861. The van der Waals surface area contributed by atoms with Gasteiger partial charge >= 0.3 is 5.97 Å². The lowest BCUT2D eigenvalue weighted by Crippen LogP contribution is -2.36. The molecule has 3 aromatic rings. The van der Waals surface area contributed by atoms with Crippen molar-refractivity contribution in [3.8, 4) is 16.3 Å². The van der Waals surface area contributed by atoms with Gasteiger partial charge in [0.2, 0.25) is 10.3 Å². The highest BCUT2D eigenvalue weighted by atomic mass is 32.1. The zero-order chi connectivity index (χ0) is 21.2. The largest absolute Gasteiger partial charge is 0.493 e. The highest BCUT2D eigenvalue weighted by Gasteiger charge is 2.27. The molecule has 1 aromatic carbocycles. The molecular weight excluding hydrogens is 434 g/mol. The molecule has 1 fully saturated rings. The van der Waals surface area contributed by atoms with Crippen LogP contribution in [0.2, 0.25) is 0 Å². The second-order valence-corrected chi connectivity index (χ2v) is 9.30. The van der Waals surface area contributed by atoms with E-state index in [2.05, 4.69) is 32.5 Å². The number of hydrogen-bond acceptors (Lipinski definition) is 10. The van der Waals surface area contributed by atoms with Crippen LogP contribution in [-0.4, -0.2) is 47.5 Å². The Kier molecular flexibility index (Phi) is 5.73. The molecule has 0 aliphatic carbocycles. The number of anilines is 3. The summed E-state index contributed by atoms with van der Waals surface area (Å²) >= 11 is 3.10. The van der Waals surface area contributed by atoms with E-state index < -0.39 is 0 Å². The molecule has 4 heterocycles. The monoisotopic (exact) mass is 457 g/mol. The van der Waals surface area contributed by atoms with Crippen molar-refractivity contribution in [1.82, 2.24) is 15.2 Å². The Morgan fingerprint density at radius 2 is 2.19 bits per heavy atom. The fourth-order valence-corrected chi connectivity index (χ4v) is 5.41. The SMILES string of the molecule is CCOC(=O)C1CCN(c2nnc(Nc3csc(-c4ccc5c(c4)CCO5)n3)s2)CC1. The van der Waals surface area contributed by atoms with Gasteiger partial charge in [0, 0.05) is 30.5 Å². The van der Waals surface area contributed by atoms with Crippen LogP contribution in [0.1, 0.15) is 25.3 Å². The fraction of sp³-hybridized carbons (Fsp3) is 0.429. The maximum Gasteiger partial charge on any atom is 0.309 e. The Labute approximate surface area is 188 Å². The first-order valence-corrected chi connectivity index (χ1v) is 12.1. The van der Waals surface area contributed by atoms with Crippen molar-refractivity contribution in [2.24, 2.45) is 5.92 Å². The summed E-state index contributed by atoms with van der Waals surface area (Å²) in [4.78, 5) is 18.8. The molecule has 1 N–H and O–H groups in total. The molecule has 0 radical (unpaired) electrons. The van der Waals surface area contributed by atoms with Crippen molar-refractivity contribution in [3.63, 3.8) is 0 Å². The number of rotatable bonds is 6. The van der Waals surface area contributed by atoms with Gasteiger partial charge < -0.3 is 19.7 Å². The molecule has 2 aliphatic rings. The molecule has 0 spiro atoms. The molecule has 8 nitrogen and oxygen atoms in total. The van der Waals surface area contributed by atoms with Gasteiger partial charge in [0.15, 0.2) is 0 Å². The summed E-state index contributed by atoms with van der Waals surface area (Å²) in [6, 6.07) is 6.23. The van der Waals surface area contributed by atoms with Gasteiger partial charge in [-0.1, -0.05) is 11.3 Å². The average molecular weight is 458 g/mol. The van der Waals surface area contributed by atoms with Crippen LogP contribution in [0.15, 0.2) is 23.6 Å². The number of nitrogens with one attached hydrogen (secondary N) is 1. The maximum atomic E-state index is 11.9. The third kappa shape index (κ3) is 4.35. The fourth-order valence-electron chi connectivity index (χ4n) is 3.85. The molecule has 0 bridgehead atoms. The minimum Gasteiger partial charge on any atom is -0.493 e. The molecule has 1 saturated heterocycles. The van der Waals surface area contributed by atoms with Crippen LogP contribution in [-0.2, 0) is 16.0 Å². The summed E-state index contributed by atoms with van der Waals surface area (Å²) in [6.45, 7) is 4.59. The number of nitrogens with zero attached hydrogens (tertiary/aromatic N) is 4. The van der Waals surface area contributed by atoms with E-state index in [0.717, 1.165) is 66.2 Å². The summed E-state index contributed by atoms with van der Waals surface area (Å²) < 4.78 is 10.7. The average Bonchev–Trinajstić information content (AvgIpc) is 3.55. The first kappa shape index (κ1) is 20.2. The van der Waals surface area contributed by atoms with Crippen LogP contribution >= 0.6 is 22.7 Å². The summed E-state index contributed by atoms with van der Waals surface area (Å²) in [6.07, 6.45) is 2.51. The molecule has 0 unspecified atom stereocenters. The third-order valence-corrected chi connectivity index (χ3v) is 7.27. The number of fused-ring (bicyclic) bond motifs is 1. The standard InChI is InChI=1S/C21H23N5O3S2/c1-2-28-19(27)13-5-8-26(9-6-13)21-25-24-20(31-21)23-17-12-30-18(22-17)15-3-4-16-14(11-15)7-10-29-16/h3-4,11-13H,2,5-10H2,1H3,(H,23,24). The van der Waals surface area contributed by atoms with Crippen molar-refractivity contribution >= 4 is 44.7 Å². The summed E-state index contributed by atoms with van der Waals surface area (Å²) in [5.41, 5.74) is 2.34. The molecule has 162 valence electrons. The van der Waals surface area contributed by atoms with Crippen molar-refractivity contribution in [1.29, 1.82) is 0 Å². The number of carbonyl (C=O) groups is 1. The Balaban J connectivity index is 1.20. The van der Waals surface area contributed by atoms with E-state index in [1.54, 1.807) is 11.3 Å². The smallest absolute Gasteiger partial charge is 0.309 e. The van der Waals surface area contributed by atoms with E-state index in [9.17, 15) is 4.79 Å². The van der Waals surface area contributed by atoms with Gasteiger partial charge in [-0.15, -0.1) is 21.5 Å². The Morgan fingerprint density at radius 1 is 1.32 bits per heavy atom. The topological polar surface area (TPSA) is 89.5 Å². The molecule has 0 atom stereocenters. The van der Waals surface area contributed by atoms with Crippen molar-refractivity contribution < 1.29 is 14.3 Å². The minimum absolute atomic E-state index is 0.0130. The van der Waals surface area contributed by atoms with Gasteiger partial charge in [0.25, 0.3) is 0 Å². The second-order valence-electron chi connectivity index (χ2n) is 7.49. The van der Waals surface area contributed by atoms with Gasteiger partial charge in [0.1, 0.15) is 16.6 Å². The predicted molar refractivity (Wildman–Crippen MR) is 122 cm³/mol. The summed E-state index contributed by atoms with van der Waals surface area (Å²) in [7, 11) is 0. The van der Waals surface area contributed by atoms with Crippen LogP contribution < -0.4 is 15.0 Å². The van der Waals surface area contributed by atoms with Gasteiger partial charge in [-0.05, 0) is 43.5 Å². The van der Waals surface area contributed by atoms with Gasteiger partial charge in [0.05, 0.1) is 19.1 Å². The lowest BCUT2D eigenvalue weighted by molar-refractivity contribution is -0.148. The molecule has 2 aromatic heterocycles. The number of carbonyl (C=O) groups excluding carboxylic acids is 1. The Hall–Kier alpha value is -2.72. The Bertz CT molecular complexity index is 1070. The lowest BCUT2D eigenvalue weighted by atomic mass is 9.97. The third-order valence-electron chi connectivity index (χ3n) is 5.48. The van der Waals surface area contributed by atoms with E-state index in [1.807, 2.05) is 18.4 Å². The normalized spacial score (nSPS) is 16.1. The first-order chi connectivity index (χ1) is 15.2. The zero-order valence-electron chi connectivity index (χ0n) is 17.2. The number of ether oxygens (including phenoxy) is 2. The zero-order valence-corrected chi connectivity index (χ0v) is 18.8. The van der Waals surface area contributed by atoms with Crippen LogP contribution in [0.25, 0.3) is 10.6 Å². The number of piperidine rings is 1. The number of thiazole rings is 1.